The van der Waals surface area contributed by atoms with E-state index in [1.165, 1.54) is 12.1 Å². The fourth-order valence-electron chi connectivity index (χ4n) is 2.87. The minimum absolute atomic E-state index is 0.201. The summed E-state index contributed by atoms with van der Waals surface area (Å²) in [6.07, 6.45) is 0.503. The van der Waals surface area contributed by atoms with E-state index in [9.17, 15) is 14.0 Å². The molecule has 2 aromatic carbocycles. The third kappa shape index (κ3) is 4.11. The molecule has 2 aromatic rings. The van der Waals surface area contributed by atoms with Crippen molar-refractivity contribution < 1.29 is 18.7 Å². The van der Waals surface area contributed by atoms with Gasteiger partial charge < -0.3 is 20.3 Å². The van der Waals surface area contributed by atoms with Crippen LogP contribution < -0.4 is 20.3 Å². The lowest BCUT2D eigenvalue weighted by atomic mass is 10.2. The lowest BCUT2D eigenvalue weighted by Gasteiger charge is -2.17. The molecule has 26 heavy (non-hydrogen) atoms. The summed E-state index contributed by atoms with van der Waals surface area (Å²) in [6.45, 7) is 0.802. The van der Waals surface area contributed by atoms with E-state index in [0.717, 1.165) is 5.56 Å². The number of carbonyl (C=O) groups excluding carboxylic acids is 2. The highest BCUT2D eigenvalue weighted by Gasteiger charge is 2.33. The van der Waals surface area contributed by atoms with Gasteiger partial charge in [-0.15, -0.1) is 0 Å². The molecule has 0 radical (unpaired) electrons. The zero-order valence-electron chi connectivity index (χ0n) is 14.4. The highest BCUT2D eigenvalue weighted by atomic mass is 19.1. The molecule has 0 bridgehead atoms. The molecular weight excluding hydrogens is 337 g/mol. The van der Waals surface area contributed by atoms with E-state index < -0.39 is 12.1 Å². The standard InChI is InChI=1S/C19H20FN3O3/c1-26-16-4-2-3-13(11-16)12-21-19(25)22-17-9-10-23(18(17)24)15-7-5-14(20)6-8-15/h2-8,11,17H,9-10,12H2,1H3,(H2,21,22,25)/t17-/m0/s1. The number of nitrogens with zero attached hydrogens (tertiary/aromatic N) is 1. The van der Waals surface area contributed by atoms with Crippen LogP contribution in [0.5, 0.6) is 5.75 Å². The van der Waals surface area contributed by atoms with Gasteiger partial charge >= 0.3 is 6.03 Å². The second-order valence-corrected chi connectivity index (χ2v) is 5.99. The van der Waals surface area contributed by atoms with Crippen LogP contribution >= 0.6 is 0 Å². The van der Waals surface area contributed by atoms with Crippen LogP contribution in [0.2, 0.25) is 0 Å². The van der Waals surface area contributed by atoms with E-state index in [1.807, 2.05) is 24.3 Å². The van der Waals surface area contributed by atoms with E-state index in [1.54, 1.807) is 24.1 Å². The van der Waals surface area contributed by atoms with E-state index in [2.05, 4.69) is 10.6 Å². The number of amides is 3. The van der Waals surface area contributed by atoms with E-state index >= 15 is 0 Å². The molecule has 1 aliphatic rings. The van der Waals surface area contributed by atoms with Gasteiger partial charge in [-0.1, -0.05) is 12.1 Å². The molecule has 1 fully saturated rings. The Bertz CT molecular complexity index is 795. The number of urea groups is 1. The van der Waals surface area contributed by atoms with Gasteiger partial charge in [0.1, 0.15) is 17.6 Å². The third-order valence-corrected chi connectivity index (χ3v) is 4.24. The number of nitrogens with one attached hydrogen (secondary N) is 2. The van der Waals surface area contributed by atoms with Crippen LogP contribution in [0.25, 0.3) is 0 Å². The van der Waals surface area contributed by atoms with Gasteiger partial charge in [0.15, 0.2) is 0 Å². The van der Waals surface area contributed by atoms with Gasteiger partial charge in [-0.2, -0.15) is 0 Å². The van der Waals surface area contributed by atoms with Crippen molar-refractivity contribution >= 4 is 17.6 Å². The maximum atomic E-state index is 13.0. The molecule has 1 aliphatic heterocycles. The van der Waals surface area contributed by atoms with Crippen LogP contribution in [0.15, 0.2) is 48.5 Å². The predicted octanol–water partition coefficient (Wildman–Crippen LogP) is 2.44. The molecule has 2 N–H and O–H groups in total. The molecule has 0 aromatic heterocycles. The largest absolute Gasteiger partial charge is 0.497 e. The van der Waals surface area contributed by atoms with Crippen LogP contribution in [0.3, 0.4) is 0 Å². The Morgan fingerprint density at radius 3 is 2.77 bits per heavy atom. The van der Waals surface area contributed by atoms with Crippen molar-refractivity contribution in [2.75, 3.05) is 18.6 Å². The number of carbonyl (C=O) groups is 2. The molecule has 0 saturated carbocycles. The number of halogens is 1. The van der Waals surface area contributed by atoms with Gasteiger partial charge in [-0.3, -0.25) is 4.79 Å². The number of hydrogen-bond donors (Lipinski definition) is 2. The van der Waals surface area contributed by atoms with Crippen molar-refractivity contribution in [1.82, 2.24) is 10.6 Å². The van der Waals surface area contributed by atoms with Crippen molar-refractivity contribution in [2.45, 2.75) is 19.0 Å². The normalized spacial score (nSPS) is 16.5. The molecule has 1 saturated heterocycles. The van der Waals surface area contributed by atoms with Crippen molar-refractivity contribution in [1.29, 1.82) is 0 Å². The maximum absolute atomic E-state index is 13.0. The first-order valence-corrected chi connectivity index (χ1v) is 8.31. The zero-order chi connectivity index (χ0) is 18.5. The number of methoxy groups -OCH3 is 1. The number of rotatable bonds is 5. The van der Waals surface area contributed by atoms with Gasteiger partial charge in [0.05, 0.1) is 7.11 Å². The Balaban J connectivity index is 1.53. The number of ether oxygens (including phenoxy) is 1. The lowest BCUT2D eigenvalue weighted by molar-refractivity contribution is -0.118. The van der Waals surface area contributed by atoms with Crippen LogP contribution in [-0.4, -0.2) is 31.6 Å². The molecule has 3 amide bonds. The van der Waals surface area contributed by atoms with Crippen LogP contribution in [0.4, 0.5) is 14.9 Å². The molecule has 6 nitrogen and oxygen atoms in total. The van der Waals surface area contributed by atoms with Gasteiger partial charge in [-0.05, 0) is 48.4 Å². The maximum Gasteiger partial charge on any atom is 0.315 e. The molecule has 7 heteroatoms. The van der Waals surface area contributed by atoms with E-state index in [-0.39, 0.29) is 11.7 Å². The zero-order valence-corrected chi connectivity index (χ0v) is 14.4. The third-order valence-electron chi connectivity index (χ3n) is 4.24. The van der Waals surface area contributed by atoms with Crippen molar-refractivity contribution in [2.24, 2.45) is 0 Å². The Hall–Kier alpha value is -3.09. The molecule has 1 heterocycles. The van der Waals surface area contributed by atoms with Gasteiger partial charge in [0, 0.05) is 18.8 Å². The summed E-state index contributed by atoms with van der Waals surface area (Å²) in [4.78, 5) is 26.1. The molecule has 0 unspecified atom stereocenters. The van der Waals surface area contributed by atoms with Gasteiger partial charge in [0.2, 0.25) is 5.91 Å². The Morgan fingerprint density at radius 2 is 2.04 bits per heavy atom. The number of hydrogen-bond acceptors (Lipinski definition) is 3. The van der Waals surface area contributed by atoms with Crippen LogP contribution in [0.1, 0.15) is 12.0 Å². The van der Waals surface area contributed by atoms with Crippen molar-refractivity contribution in [3.8, 4) is 5.75 Å². The highest BCUT2D eigenvalue weighted by Crippen LogP contribution is 2.21. The van der Waals surface area contributed by atoms with E-state index in [4.69, 9.17) is 4.74 Å². The average molecular weight is 357 g/mol. The summed E-state index contributed by atoms with van der Waals surface area (Å²) < 4.78 is 18.2. The first-order chi connectivity index (χ1) is 12.6. The molecule has 136 valence electrons. The lowest BCUT2D eigenvalue weighted by Crippen LogP contribution is -2.45. The summed E-state index contributed by atoms with van der Waals surface area (Å²) in [5.41, 5.74) is 1.52. The minimum atomic E-state index is -0.592. The van der Waals surface area contributed by atoms with Gasteiger partial charge in [0.25, 0.3) is 0 Å². The second-order valence-electron chi connectivity index (χ2n) is 5.99. The smallest absolute Gasteiger partial charge is 0.315 e. The summed E-state index contributed by atoms with van der Waals surface area (Å²) >= 11 is 0. The quantitative estimate of drug-likeness (QED) is 0.863. The second kappa shape index (κ2) is 7.86. The van der Waals surface area contributed by atoms with Gasteiger partial charge in [-0.25, -0.2) is 9.18 Å². The Morgan fingerprint density at radius 1 is 1.27 bits per heavy atom. The summed E-state index contributed by atoms with van der Waals surface area (Å²) in [5, 5.41) is 5.43. The predicted molar refractivity (Wildman–Crippen MR) is 95.5 cm³/mol. The monoisotopic (exact) mass is 357 g/mol. The first-order valence-electron chi connectivity index (χ1n) is 8.31. The summed E-state index contributed by atoms with van der Waals surface area (Å²) in [7, 11) is 1.58. The molecular formula is C19H20FN3O3. The van der Waals surface area contributed by atoms with Crippen molar-refractivity contribution in [3.05, 3.63) is 59.9 Å². The Kier molecular flexibility index (Phi) is 5.36. The van der Waals surface area contributed by atoms with Crippen molar-refractivity contribution in [3.63, 3.8) is 0 Å². The number of anilines is 1. The van der Waals surface area contributed by atoms with E-state index in [0.29, 0.717) is 30.9 Å². The molecule has 0 aliphatic carbocycles. The molecule has 0 spiro atoms. The average Bonchev–Trinajstić information content (AvgIpc) is 3.01. The topological polar surface area (TPSA) is 70.7 Å². The minimum Gasteiger partial charge on any atom is -0.497 e. The molecule has 3 rings (SSSR count). The fraction of sp³-hybridized carbons (Fsp3) is 0.263. The summed E-state index contributed by atoms with van der Waals surface area (Å²) in [6, 6.07) is 12.1. The fourth-order valence-corrected chi connectivity index (χ4v) is 2.87. The van der Waals surface area contributed by atoms with Crippen LogP contribution in [0, 0.1) is 5.82 Å². The summed E-state index contributed by atoms with van der Waals surface area (Å²) in [5.74, 6) is 0.158. The first kappa shape index (κ1) is 17.7. The molecule has 1 atom stereocenters. The van der Waals surface area contributed by atoms with Crippen LogP contribution in [-0.2, 0) is 11.3 Å². The number of benzene rings is 2. The SMILES string of the molecule is COc1cccc(CNC(=O)N[C@H]2CCN(c3ccc(F)cc3)C2=O)c1. The highest BCUT2D eigenvalue weighted by molar-refractivity contribution is 6.01. The Labute approximate surface area is 150 Å².